The lowest BCUT2D eigenvalue weighted by Gasteiger charge is -2.29. The van der Waals surface area contributed by atoms with Gasteiger partial charge in [-0.3, -0.25) is 0 Å². The van der Waals surface area contributed by atoms with Crippen LogP contribution < -0.4 is 10.6 Å². The molecule has 0 spiro atoms. The summed E-state index contributed by atoms with van der Waals surface area (Å²) in [5.41, 5.74) is 0. The normalized spacial score (nSPS) is 28.3. The number of rotatable bonds is 5. The smallest absolute Gasteiger partial charge is 0.314 e. The van der Waals surface area contributed by atoms with Crippen molar-refractivity contribution in [2.24, 2.45) is 11.8 Å². The number of carbonyl (C=O) groups is 1. The van der Waals surface area contributed by atoms with E-state index >= 15 is 0 Å². The number of piperidine rings is 1. The van der Waals surface area contributed by atoms with Crippen molar-refractivity contribution in [3.63, 3.8) is 0 Å². The van der Waals surface area contributed by atoms with Gasteiger partial charge in [0.2, 0.25) is 0 Å². The summed E-state index contributed by atoms with van der Waals surface area (Å²) in [6, 6.07) is -0.0528. The van der Waals surface area contributed by atoms with Gasteiger partial charge in [0, 0.05) is 13.1 Å². The van der Waals surface area contributed by atoms with Crippen LogP contribution in [-0.2, 0) is 0 Å². The summed E-state index contributed by atoms with van der Waals surface area (Å²) in [6.07, 6.45) is 7.36. The maximum atomic E-state index is 11.8. The lowest BCUT2D eigenvalue weighted by atomic mass is 9.87. The zero-order chi connectivity index (χ0) is 15.1. The highest BCUT2D eigenvalue weighted by Gasteiger charge is 2.20. The number of hydrogen-bond acceptors (Lipinski definition) is 3. The Labute approximate surface area is 128 Å². The predicted octanol–water partition coefficient (Wildman–Crippen LogP) is 1.57. The minimum Gasteiger partial charge on any atom is -0.393 e. The second-order valence-electron chi connectivity index (χ2n) is 6.86. The van der Waals surface area contributed by atoms with E-state index < -0.39 is 0 Å². The van der Waals surface area contributed by atoms with Crippen LogP contribution in [0.5, 0.6) is 0 Å². The fourth-order valence-corrected chi connectivity index (χ4v) is 3.49. The number of carbonyl (C=O) groups excluding carboxylic acids is 1. The van der Waals surface area contributed by atoms with Crippen molar-refractivity contribution in [2.75, 3.05) is 33.2 Å². The summed E-state index contributed by atoms with van der Waals surface area (Å²) in [7, 11) is 2.17. The van der Waals surface area contributed by atoms with Crippen molar-refractivity contribution in [1.82, 2.24) is 15.5 Å². The Hall–Kier alpha value is -0.810. The van der Waals surface area contributed by atoms with Gasteiger partial charge < -0.3 is 20.6 Å². The van der Waals surface area contributed by atoms with E-state index in [2.05, 4.69) is 22.6 Å². The zero-order valence-corrected chi connectivity index (χ0v) is 13.3. The van der Waals surface area contributed by atoms with Crippen LogP contribution in [0, 0.1) is 11.8 Å². The fraction of sp³-hybridized carbons (Fsp3) is 0.938. The lowest BCUT2D eigenvalue weighted by molar-refractivity contribution is 0.101. The molecule has 1 heterocycles. The van der Waals surface area contributed by atoms with Gasteiger partial charge in [-0.1, -0.05) is 6.42 Å². The molecule has 5 heteroatoms. The number of nitrogens with zero attached hydrogens (tertiary/aromatic N) is 1. The van der Waals surface area contributed by atoms with Gasteiger partial charge in [-0.2, -0.15) is 0 Å². The van der Waals surface area contributed by atoms with Gasteiger partial charge in [-0.05, 0) is 70.5 Å². The first-order chi connectivity index (χ1) is 10.1. The Bertz CT molecular complexity index is 317. The third kappa shape index (κ3) is 6.22. The molecule has 3 N–H and O–H groups in total. The molecule has 2 atom stereocenters. The molecule has 21 heavy (non-hydrogen) atoms. The van der Waals surface area contributed by atoms with Gasteiger partial charge in [0.25, 0.3) is 0 Å². The number of urea groups is 1. The van der Waals surface area contributed by atoms with Crippen LogP contribution in [0.4, 0.5) is 4.79 Å². The van der Waals surface area contributed by atoms with Gasteiger partial charge in [0.15, 0.2) is 0 Å². The summed E-state index contributed by atoms with van der Waals surface area (Å²) >= 11 is 0. The van der Waals surface area contributed by atoms with Crippen molar-refractivity contribution in [3.05, 3.63) is 0 Å². The monoisotopic (exact) mass is 297 g/mol. The molecular formula is C16H31N3O2. The highest BCUT2D eigenvalue weighted by atomic mass is 16.3. The molecule has 2 rings (SSSR count). The van der Waals surface area contributed by atoms with E-state index in [1.807, 2.05) is 0 Å². The first-order valence-electron chi connectivity index (χ1n) is 8.52. The van der Waals surface area contributed by atoms with Crippen LogP contribution in [0.2, 0.25) is 0 Å². The molecule has 1 aliphatic heterocycles. The van der Waals surface area contributed by atoms with Crippen LogP contribution in [0.1, 0.15) is 44.9 Å². The summed E-state index contributed by atoms with van der Waals surface area (Å²) in [4.78, 5) is 14.1. The molecule has 0 radical (unpaired) electrons. The zero-order valence-electron chi connectivity index (χ0n) is 13.3. The van der Waals surface area contributed by atoms with Gasteiger partial charge >= 0.3 is 6.03 Å². The molecule has 1 saturated heterocycles. The van der Waals surface area contributed by atoms with Crippen LogP contribution in [0.25, 0.3) is 0 Å². The molecule has 122 valence electrons. The van der Waals surface area contributed by atoms with Crippen LogP contribution in [0.3, 0.4) is 0 Å². The number of aliphatic hydroxyl groups excluding tert-OH is 1. The molecular weight excluding hydrogens is 266 g/mol. The van der Waals surface area contributed by atoms with Crippen LogP contribution in [0.15, 0.2) is 0 Å². The van der Waals surface area contributed by atoms with Gasteiger partial charge in [0.1, 0.15) is 0 Å². The molecule has 1 aliphatic carbocycles. The predicted molar refractivity (Wildman–Crippen MR) is 84.2 cm³/mol. The average molecular weight is 297 g/mol. The molecule has 5 nitrogen and oxygen atoms in total. The maximum absolute atomic E-state index is 11.8. The molecule has 0 aromatic rings. The summed E-state index contributed by atoms with van der Waals surface area (Å²) in [5.74, 6) is 1.20. The van der Waals surface area contributed by atoms with E-state index in [1.165, 1.54) is 25.9 Å². The van der Waals surface area contributed by atoms with Crippen molar-refractivity contribution in [3.8, 4) is 0 Å². The van der Waals surface area contributed by atoms with Crippen molar-refractivity contribution in [2.45, 2.75) is 51.0 Å². The topological polar surface area (TPSA) is 64.6 Å². The quantitative estimate of drug-likeness (QED) is 0.722. The minimum atomic E-state index is -0.168. The third-order valence-corrected chi connectivity index (χ3v) is 4.98. The minimum absolute atomic E-state index is 0.0528. The van der Waals surface area contributed by atoms with E-state index in [0.717, 1.165) is 44.6 Å². The highest BCUT2D eigenvalue weighted by molar-refractivity contribution is 5.73. The second-order valence-corrected chi connectivity index (χ2v) is 6.86. The Morgan fingerprint density at radius 2 is 1.90 bits per heavy atom. The molecule has 0 aromatic heterocycles. The van der Waals surface area contributed by atoms with Crippen LogP contribution >= 0.6 is 0 Å². The first kappa shape index (κ1) is 16.6. The molecule has 2 amide bonds. The van der Waals surface area contributed by atoms with Crippen molar-refractivity contribution >= 4 is 6.03 Å². The number of likely N-dealkylation sites (tertiary alicyclic amines) is 1. The Morgan fingerprint density at radius 1 is 1.14 bits per heavy atom. The first-order valence-corrected chi connectivity index (χ1v) is 8.52. The maximum Gasteiger partial charge on any atom is 0.314 e. The van der Waals surface area contributed by atoms with E-state index in [-0.39, 0.29) is 12.1 Å². The largest absolute Gasteiger partial charge is 0.393 e. The second kappa shape index (κ2) is 8.59. The average Bonchev–Trinajstić information content (AvgIpc) is 2.47. The SMILES string of the molecule is CN1CCC(CCNC(=O)NCC2CCCC(O)C2)CC1. The lowest BCUT2D eigenvalue weighted by Crippen LogP contribution is -2.40. The van der Waals surface area contributed by atoms with E-state index in [4.69, 9.17) is 0 Å². The van der Waals surface area contributed by atoms with E-state index in [9.17, 15) is 9.90 Å². The molecule has 2 fully saturated rings. The van der Waals surface area contributed by atoms with Gasteiger partial charge in [-0.25, -0.2) is 4.79 Å². The summed E-state index contributed by atoms with van der Waals surface area (Å²) in [5, 5.41) is 15.5. The number of nitrogens with one attached hydrogen (secondary N) is 2. The molecule has 2 unspecified atom stereocenters. The standard InChI is InChI=1S/C16H31N3O2/c1-19-9-6-13(7-10-19)5-8-17-16(21)18-12-14-3-2-4-15(20)11-14/h13-15,20H,2-12H2,1H3,(H2,17,18,21). The Balaban J connectivity index is 1.51. The summed E-state index contributed by atoms with van der Waals surface area (Å²) < 4.78 is 0. The Morgan fingerprint density at radius 3 is 2.62 bits per heavy atom. The number of hydrogen-bond donors (Lipinski definition) is 3. The van der Waals surface area contributed by atoms with Crippen molar-refractivity contribution in [1.29, 1.82) is 0 Å². The number of aliphatic hydroxyl groups is 1. The summed E-state index contributed by atoms with van der Waals surface area (Å²) in [6.45, 7) is 3.83. The highest BCUT2D eigenvalue weighted by Crippen LogP contribution is 2.23. The van der Waals surface area contributed by atoms with Crippen molar-refractivity contribution < 1.29 is 9.90 Å². The molecule has 1 saturated carbocycles. The van der Waals surface area contributed by atoms with E-state index in [1.54, 1.807) is 0 Å². The molecule has 0 bridgehead atoms. The van der Waals surface area contributed by atoms with Gasteiger partial charge in [-0.15, -0.1) is 0 Å². The number of amides is 2. The molecule has 2 aliphatic rings. The molecule has 0 aromatic carbocycles. The third-order valence-electron chi connectivity index (χ3n) is 4.98. The van der Waals surface area contributed by atoms with E-state index in [0.29, 0.717) is 12.5 Å². The van der Waals surface area contributed by atoms with Gasteiger partial charge in [0.05, 0.1) is 6.10 Å². The Kier molecular flexibility index (Phi) is 6.77. The fourth-order valence-electron chi connectivity index (χ4n) is 3.49. The van der Waals surface area contributed by atoms with Crippen LogP contribution in [-0.4, -0.2) is 55.4 Å².